The summed E-state index contributed by atoms with van der Waals surface area (Å²) in [5, 5.41) is -0.308. The van der Waals surface area contributed by atoms with Gasteiger partial charge in [0.05, 0.1) is 12.9 Å². The Morgan fingerprint density at radius 3 is 2.29 bits per heavy atom. The highest BCUT2D eigenvalue weighted by atomic mass is 28.4. The van der Waals surface area contributed by atoms with E-state index in [4.69, 9.17) is 28.7 Å². The number of aromatic nitrogens is 4. The summed E-state index contributed by atoms with van der Waals surface area (Å²) in [6.45, 7) is 25.2. The van der Waals surface area contributed by atoms with Gasteiger partial charge in [-0.15, -0.1) is 0 Å². The van der Waals surface area contributed by atoms with E-state index in [0.717, 1.165) is 11.3 Å². The predicted octanol–water partition coefficient (Wildman–Crippen LogP) is 6.82. The van der Waals surface area contributed by atoms with Crippen molar-refractivity contribution < 1.29 is 18.0 Å². The third-order valence-electron chi connectivity index (χ3n) is 9.04. The molecule has 0 spiro atoms. The first kappa shape index (κ1) is 30.3. The summed E-state index contributed by atoms with van der Waals surface area (Å²) in [4.78, 5) is 14.0. The van der Waals surface area contributed by atoms with Crippen molar-refractivity contribution in [1.82, 2.24) is 19.5 Å². The molecule has 0 radical (unpaired) electrons. The summed E-state index contributed by atoms with van der Waals surface area (Å²) in [7, 11) is -5.01. The Hall–Kier alpha value is -2.16. The maximum atomic E-state index is 7.25. The molecule has 1 aromatic carbocycles. The van der Waals surface area contributed by atoms with Crippen molar-refractivity contribution in [2.75, 3.05) is 12.3 Å². The first-order valence-corrected chi connectivity index (χ1v) is 19.3. The van der Waals surface area contributed by atoms with Gasteiger partial charge in [0.25, 0.3) is 0 Å². The van der Waals surface area contributed by atoms with Crippen molar-refractivity contribution in [1.29, 1.82) is 0 Å². The Labute approximate surface area is 246 Å². The molecule has 0 saturated carbocycles. The van der Waals surface area contributed by atoms with E-state index in [-0.39, 0.29) is 33.4 Å². The molecule has 0 amide bonds. The SMILES string of the molecule is CC(C)(C)[Si](C)(C)O[C@@H]1[C@H]2O[Si](C(C)(C)C)(C(C)(C)C)OC[C@H]2O[C@H]1n1cnc2c(-c3cccc(N)c3)ncnc21. The van der Waals surface area contributed by atoms with Crippen molar-refractivity contribution in [3.05, 3.63) is 36.9 Å². The van der Waals surface area contributed by atoms with Gasteiger partial charge in [-0.1, -0.05) is 74.4 Å². The molecule has 5 rings (SSSR count). The smallest absolute Gasteiger partial charge is 0.349 e. The van der Waals surface area contributed by atoms with Crippen LogP contribution < -0.4 is 5.73 Å². The van der Waals surface area contributed by atoms with Gasteiger partial charge in [-0.3, -0.25) is 4.57 Å². The minimum atomic E-state index is -2.77. The van der Waals surface area contributed by atoms with Gasteiger partial charge in [-0.25, -0.2) is 15.0 Å². The van der Waals surface area contributed by atoms with Crippen LogP contribution in [0.15, 0.2) is 36.9 Å². The number of benzene rings is 1. The summed E-state index contributed by atoms with van der Waals surface area (Å²) in [5.74, 6) is 0. The second-order valence-corrected chi connectivity index (χ2v) is 24.6. The van der Waals surface area contributed by atoms with Crippen LogP contribution in [0.5, 0.6) is 0 Å². The van der Waals surface area contributed by atoms with Crippen LogP contribution in [-0.4, -0.2) is 61.3 Å². The molecule has 2 saturated heterocycles. The molecule has 4 atom stereocenters. The molecule has 2 fully saturated rings. The molecule has 2 aromatic heterocycles. The van der Waals surface area contributed by atoms with Gasteiger partial charge in [0.15, 0.2) is 20.2 Å². The number of ether oxygens (including phenoxy) is 1. The van der Waals surface area contributed by atoms with Gasteiger partial charge in [-0.2, -0.15) is 0 Å². The Kier molecular flexibility index (Phi) is 7.36. The summed E-state index contributed by atoms with van der Waals surface area (Å²) < 4.78 is 30.0. The van der Waals surface area contributed by atoms with Crippen LogP contribution in [-0.2, 0) is 18.0 Å². The number of rotatable bonds is 4. The molecule has 2 aliphatic rings. The Balaban J connectivity index is 1.61. The van der Waals surface area contributed by atoms with Crippen LogP contribution >= 0.6 is 0 Å². The maximum absolute atomic E-state index is 7.25. The molecule has 0 aliphatic carbocycles. The molecule has 11 heteroatoms. The number of nitrogens with zero attached hydrogens (tertiary/aromatic N) is 4. The molecule has 0 unspecified atom stereocenters. The Morgan fingerprint density at radius 1 is 1.00 bits per heavy atom. The molecule has 4 heterocycles. The van der Waals surface area contributed by atoms with Gasteiger partial charge < -0.3 is 23.7 Å². The highest BCUT2D eigenvalue weighted by Gasteiger charge is 2.66. The largest absolute Gasteiger partial charge is 0.407 e. The van der Waals surface area contributed by atoms with E-state index in [9.17, 15) is 0 Å². The highest BCUT2D eigenvalue weighted by molar-refractivity contribution is 6.74. The Morgan fingerprint density at radius 2 is 1.68 bits per heavy atom. The lowest BCUT2D eigenvalue weighted by atomic mass is 10.1. The van der Waals surface area contributed by atoms with Crippen LogP contribution in [0, 0.1) is 0 Å². The second kappa shape index (κ2) is 9.95. The fourth-order valence-electron chi connectivity index (χ4n) is 6.12. The monoisotopic (exact) mass is 597 g/mol. The molecule has 0 bridgehead atoms. The van der Waals surface area contributed by atoms with Gasteiger partial charge >= 0.3 is 8.56 Å². The zero-order chi connectivity index (χ0) is 30.2. The number of nitrogen functional groups attached to an aromatic ring is 1. The van der Waals surface area contributed by atoms with Crippen molar-refractivity contribution in [3.63, 3.8) is 0 Å². The minimum Gasteiger partial charge on any atom is -0.407 e. The standard InChI is InChI=1S/C30H47N5O4Si2/c1-28(2,3)40(10,11)38-25-24-21(16-36-41(39-24,29(4,5)6)30(7,8)9)37-27(25)35-18-34-23-22(32-17-33-26(23)35)19-13-12-14-20(31)15-19/h12-15,17-18,21,24-25,27H,16,31H2,1-11H3/t21-,24+,25-,27-/m1/s1. The fourth-order valence-corrected chi connectivity index (χ4v) is 12.4. The van der Waals surface area contributed by atoms with Gasteiger partial charge in [0.2, 0.25) is 0 Å². The topological polar surface area (TPSA) is 107 Å². The van der Waals surface area contributed by atoms with Crippen LogP contribution in [0.25, 0.3) is 22.4 Å². The van der Waals surface area contributed by atoms with Gasteiger partial charge in [0.1, 0.15) is 35.8 Å². The number of fused-ring (bicyclic) bond motifs is 2. The van der Waals surface area contributed by atoms with E-state index in [1.54, 1.807) is 12.7 Å². The number of anilines is 1. The van der Waals surface area contributed by atoms with Crippen LogP contribution in [0.4, 0.5) is 5.69 Å². The third kappa shape index (κ3) is 5.08. The average Bonchev–Trinajstić information content (AvgIpc) is 3.42. The summed E-state index contributed by atoms with van der Waals surface area (Å²) >= 11 is 0. The third-order valence-corrected chi connectivity index (χ3v) is 18.6. The molecular formula is C30H47N5O4Si2. The molecule has 41 heavy (non-hydrogen) atoms. The van der Waals surface area contributed by atoms with Gasteiger partial charge in [0, 0.05) is 21.3 Å². The first-order chi connectivity index (χ1) is 18.9. The second-order valence-electron chi connectivity index (χ2n) is 15.1. The van der Waals surface area contributed by atoms with E-state index in [2.05, 4.69) is 85.4 Å². The predicted molar refractivity (Wildman–Crippen MR) is 167 cm³/mol. The molecule has 3 aromatic rings. The van der Waals surface area contributed by atoms with E-state index >= 15 is 0 Å². The molecule has 2 N–H and O–H groups in total. The fraction of sp³-hybridized carbons (Fsp3) is 0.633. The number of nitrogens with two attached hydrogens (primary N) is 1. The lowest BCUT2D eigenvalue weighted by molar-refractivity contribution is -0.0795. The number of hydrogen-bond donors (Lipinski definition) is 1. The lowest BCUT2D eigenvalue weighted by Crippen LogP contribution is -2.66. The number of imidazole rings is 1. The normalized spacial score (nSPS) is 25.4. The quantitative estimate of drug-likeness (QED) is 0.258. The van der Waals surface area contributed by atoms with E-state index in [0.29, 0.717) is 23.5 Å². The van der Waals surface area contributed by atoms with Crippen molar-refractivity contribution >= 4 is 33.7 Å². The average molecular weight is 598 g/mol. The highest BCUT2D eigenvalue weighted by Crippen LogP contribution is 2.56. The van der Waals surface area contributed by atoms with E-state index in [1.165, 1.54) is 0 Å². The zero-order valence-electron chi connectivity index (χ0n) is 26.5. The van der Waals surface area contributed by atoms with Crippen LogP contribution in [0.2, 0.25) is 28.2 Å². The van der Waals surface area contributed by atoms with Gasteiger partial charge in [-0.05, 0) is 30.3 Å². The number of hydrogen-bond acceptors (Lipinski definition) is 8. The molecule has 2 aliphatic heterocycles. The lowest BCUT2D eigenvalue weighted by Gasteiger charge is -2.54. The summed E-state index contributed by atoms with van der Waals surface area (Å²) in [6, 6.07) is 7.66. The molecule has 224 valence electrons. The van der Waals surface area contributed by atoms with E-state index in [1.807, 2.05) is 28.8 Å². The van der Waals surface area contributed by atoms with Crippen molar-refractivity contribution in [3.8, 4) is 11.3 Å². The van der Waals surface area contributed by atoms with Crippen LogP contribution in [0.3, 0.4) is 0 Å². The van der Waals surface area contributed by atoms with Crippen molar-refractivity contribution in [2.45, 2.75) is 115 Å². The minimum absolute atomic E-state index is 0.00294. The first-order valence-electron chi connectivity index (χ1n) is 14.5. The summed E-state index contributed by atoms with van der Waals surface area (Å²) in [6.07, 6.45) is 1.97. The summed E-state index contributed by atoms with van der Waals surface area (Å²) in [5.41, 5.74) is 9.74. The Bertz CT molecular complexity index is 1410. The van der Waals surface area contributed by atoms with Crippen molar-refractivity contribution in [2.24, 2.45) is 0 Å². The maximum Gasteiger partial charge on any atom is 0.349 e. The molecular weight excluding hydrogens is 551 g/mol. The molecule has 9 nitrogen and oxygen atoms in total. The van der Waals surface area contributed by atoms with E-state index < -0.39 is 23.1 Å². The van der Waals surface area contributed by atoms with Crippen LogP contribution in [0.1, 0.15) is 68.5 Å². The zero-order valence-corrected chi connectivity index (χ0v) is 28.5.